The van der Waals surface area contributed by atoms with Gasteiger partial charge in [-0.05, 0) is 31.9 Å². The normalized spacial score (nSPS) is 18.7. The molecule has 0 bridgehead atoms. The molecule has 1 atom stereocenters. The van der Waals surface area contributed by atoms with Crippen LogP contribution in [0.2, 0.25) is 0 Å². The van der Waals surface area contributed by atoms with Crippen molar-refractivity contribution < 1.29 is 14.3 Å². The molecule has 1 aliphatic carbocycles. The Bertz CT molecular complexity index is 502. The van der Waals surface area contributed by atoms with E-state index >= 15 is 0 Å². The summed E-state index contributed by atoms with van der Waals surface area (Å²) in [5.41, 5.74) is 1.61. The van der Waals surface area contributed by atoms with E-state index in [9.17, 15) is 9.59 Å². The zero-order chi connectivity index (χ0) is 14.0. The summed E-state index contributed by atoms with van der Waals surface area (Å²) in [6.45, 7) is 5.39. The maximum Gasteiger partial charge on any atom is 0.408 e. The first-order valence-corrected chi connectivity index (χ1v) is 6.44. The van der Waals surface area contributed by atoms with Gasteiger partial charge in [0.2, 0.25) is 0 Å². The van der Waals surface area contributed by atoms with E-state index in [4.69, 9.17) is 4.74 Å². The number of alkyl carbamates (subject to hydrolysis) is 1. The minimum Gasteiger partial charge on any atom is -0.444 e. The Morgan fingerprint density at radius 2 is 1.89 bits per heavy atom. The second-order valence-electron chi connectivity index (χ2n) is 5.81. The maximum atomic E-state index is 12.0. The Hall–Kier alpha value is -1.84. The van der Waals surface area contributed by atoms with Crippen molar-refractivity contribution in [3.8, 4) is 0 Å². The van der Waals surface area contributed by atoms with Crippen LogP contribution in [0.25, 0.3) is 0 Å². The minimum atomic E-state index is -0.556. The first-order valence-electron chi connectivity index (χ1n) is 6.44. The van der Waals surface area contributed by atoms with Gasteiger partial charge in [0.15, 0.2) is 5.78 Å². The average Bonchev–Trinajstić information content (AvgIpc) is 2.27. The number of hydrogen-bond acceptors (Lipinski definition) is 3. The predicted molar refractivity (Wildman–Crippen MR) is 72.0 cm³/mol. The van der Waals surface area contributed by atoms with Crippen LogP contribution in [-0.4, -0.2) is 23.5 Å². The van der Waals surface area contributed by atoms with Crippen molar-refractivity contribution in [1.29, 1.82) is 0 Å². The summed E-state index contributed by atoms with van der Waals surface area (Å²) in [6.07, 6.45) is 0.371. The summed E-state index contributed by atoms with van der Waals surface area (Å²) in [5.74, 6) is 0.0320. The molecular weight excluding hydrogens is 242 g/mol. The molecule has 0 heterocycles. The quantitative estimate of drug-likeness (QED) is 0.843. The van der Waals surface area contributed by atoms with Gasteiger partial charge < -0.3 is 10.1 Å². The van der Waals surface area contributed by atoms with Crippen molar-refractivity contribution in [3.63, 3.8) is 0 Å². The molecule has 2 rings (SSSR count). The highest BCUT2D eigenvalue weighted by molar-refractivity contribution is 5.91. The van der Waals surface area contributed by atoms with Gasteiger partial charge in [-0.25, -0.2) is 4.79 Å². The van der Waals surface area contributed by atoms with E-state index < -0.39 is 17.7 Å². The van der Waals surface area contributed by atoms with Gasteiger partial charge in [-0.2, -0.15) is 0 Å². The number of ether oxygens (including phenoxy) is 1. The van der Waals surface area contributed by atoms with Gasteiger partial charge in [-0.1, -0.05) is 24.3 Å². The molecule has 1 amide bonds. The van der Waals surface area contributed by atoms with E-state index in [0.29, 0.717) is 12.8 Å². The Balaban J connectivity index is 2.03. The van der Waals surface area contributed by atoms with Crippen LogP contribution in [0.15, 0.2) is 24.3 Å². The number of amides is 1. The number of fused-ring (bicyclic) bond motifs is 1. The zero-order valence-corrected chi connectivity index (χ0v) is 11.5. The third-order valence-corrected chi connectivity index (χ3v) is 2.99. The molecule has 1 aromatic carbocycles. The Labute approximate surface area is 113 Å². The van der Waals surface area contributed by atoms with Crippen LogP contribution in [0.1, 0.15) is 31.9 Å². The van der Waals surface area contributed by atoms with Gasteiger partial charge >= 0.3 is 6.09 Å². The molecular formula is C15H19NO3. The highest BCUT2D eigenvalue weighted by atomic mass is 16.6. The van der Waals surface area contributed by atoms with Crippen molar-refractivity contribution in [2.24, 2.45) is 0 Å². The van der Waals surface area contributed by atoms with Gasteiger partial charge in [-0.15, -0.1) is 0 Å². The first-order chi connectivity index (χ1) is 8.85. The number of carbonyl (C=O) groups is 2. The van der Waals surface area contributed by atoms with E-state index in [-0.39, 0.29) is 5.78 Å². The van der Waals surface area contributed by atoms with Crippen LogP contribution in [0, 0.1) is 0 Å². The summed E-state index contributed by atoms with van der Waals surface area (Å²) < 4.78 is 5.17. The van der Waals surface area contributed by atoms with Crippen molar-refractivity contribution >= 4 is 11.9 Å². The molecule has 102 valence electrons. The molecule has 4 heteroatoms. The maximum absolute atomic E-state index is 12.0. The molecule has 0 radical (unpaired) electrons. The standard InChI is InChI=1S/C15H19NO3/c1-15(2,3)19-14(18)16-12-8-10-6-4-5-7-11(10)9-13(12)17/h4-7,12H,8-9H2,1-3H3,(H,16,18)/t12-/m0/s1. The monoisotopic (exact) mass is 261 g/mol. The molecule has 0 saturated carbocycles. The van der Waals surface area contributed by atoms with E-state index in [2.05, 4.69) is 5.32 Å². The average molecular weight is 261 g/mol. The molecule has 4 nitrogen and oxygen atoms in total. The highest BCUT2D eigenvalue weighted by Gasteiger charge is 2.28. The molecule has 0 saturated heterocycles. The number of ketones is 1. The highest BCUT2D eigenvalue weighted by Crippen LogP contribution is 2.19. The fourth-order valence-electron chi connectivity index (χ4n) is 2.16. The Kier molecular flexibility index (Phi) is 3.60. The van der Waals surface area contributed by atoms with Crippen LogP contribution >= 0.6 is 0 Å². The Morgan fingerprint density at radius 1 is 1.26 bits per heavy atom. The van der Waals surface area contributed by atoms with Crippen molar-refractivity contribution in [1.82, 2.24) is 5.32 Å². The lowest BCUT2D eigenvalue weighted by Crippen LogP contribution is -2.47. The summed E-state index contributed by atoms with van der Waals surface area (Å²) in [4.78, 5) is 23.7. The van der Waals surface area contributed by atoms with Crippen LogP contribution < -0.4 is 5.32 Å². The third-order valence-electron chi connectivity index (χ3n) is 2.99. The van der Waals surface area contributed by atoms with Gasteiger partial charge in [-0.3, -0.25) is 4.79 Å². The van der Waals surface area contributed by atoms with Crippen LogP contribution in [0.4, 0.5) is 4.79 Å². The molecule has 0 aromatic heterocycles. The zero-order valence-electron chi connectivity index (χ0n) is 11.5. The van der Waals surface area contributed by atoms with Crippen molar-refractivity contribution in [2.45, 2.75) is 45.3 Å². The number of carbonyl (C=O) groups excluding carboxylic acids is 2. The molecule has 1 aromatic rings. The van der Waals surface area contributed by atoms with E-state index in [1.807, 2.05) is 24.3 Å². The first kappa shape index (κ1) is 13.6. The summed E-state index contributed by atoms with van der Waals surface area (Å²) in [5, 5.41) is 2.66. The lowest BCUT2D eigenvalue weighted by Gasteiger charge is -2.26. The largest absolute Gasteiger partial charge is 0.444 e. The fraction of sp³-hybridized carbons (Fsp3) is 0.467. The molecule has 0 fully saturated rings. The smallest absolute Gasteiger partial charge is 0.408 e. The molecule has 0 unspecified atom stereocenters. The number of Topliss-reactive ketones (excluding diaryl/α,β-unsaturated/α-hetero) is 1. The lowest BCUT2D eigenvalue weighted by molar-refractivity contribution is -0.120. The van der Waals surface area contributed by atoms with E-state index in [0.717, 1.165) is 11.1 Å². The predicted octanol–water partition coefficient (Wildman–Crippen LogP) is 2.25. The summed E-state index contributed by atoms with van der Waals surface area (Å²) in [6, 6.07) is 7.33. The van der Waals surface area contributed by atoms with Gasteiger partial charge in [0.25, 0.3) is 0 Å². The molecule has 1 aliphatic rings. The van der Waals surface area contributed by atoms with Crippen LogP contribution in [-0.2, 0) is 22.4 Å². The van der Waals surface area contributed by atoms with Crippen LogP contribution in [0.5, 0.6) is 0 Å². The van der Waals surface area contributed by atoms with Crippen LogP contribution in [0.3, 0.4) is 0 Å². The summed E-state index contributed by atoms with van der Waals surface area (Å²) >= 11 is 0. The molecule has 19 heavy (non-hydrogen) atoms. The second kappa shape index (κ2) is 5.03. The van der Waals surface area contributed by atoms with Gasteiger partial charge in [0.1, 0.15) is 5.60 Å². The number of nitrogens with one attached hydrogen (secondary N) is 1. The molecule has 0 spiro atoms. The van der Waals surface area contributed by atoms with Gasteiger partial charge in [0, 0.05) is 12.8 Å². The minimum absolute atomic E-state index is 0.0320. The number of benzene rings is 1. The third kappa shape index (κ3) is 3.56. The van der Waals surface area contributed by atoms with Gasteiger partial charge in [0.05, 0.1) is 6.04 Å². The molecule has 0 aliphatic heterocycles. The Morgan fingerprint density at radius 3 is 2.53 bits per heavy atom. The SMILES string of the molecule is CC(C)(C)OC(=O)N[C@H]1Cc2ccccc2CC1=O. The van der Waals surface area contributed by atoms with E-state index in [1.165, 1.54) is 0 Å². The number of rotatable bonds is 1. The molecule has 1 N–H and O–H groups in total. The summed E-state index contributed by atoms with van der Waals surface area (Å²) in [7, 11) is 0. The van der Waals surface area contributed by atoms with Crippen molar-refractivity contribution in [2.75, 3.05) is 0 Å². The number of hydrogen-bond donors (Lipinski definition) is 1. The lowest BCUT2D eigenvalue weighted by atomic mass is 9.87. The van der Waals surface area contributed by atoms with Crippen molar-refractivity contribution in [3.05, 3.63) is 35.4 Å². The topological polar surface area (TPSA) is 55.4 Å². The van der Waals surface area contributed by atoms with E-state index in [1.54, 1.807) is 20.8 Å². The second-order valence-corrected chi connectivity index (χ2v) is 5.81. The fourth-order valence-corrected chi connectivity index (χ4v) is 2.16.